The van der Waals surface area contributed by atoms with Crippen LogP contribution in [0.1, 0.15) is 59.9 Å². The highest BCUT2D eigenvalue weighted by Gasteiger charge is 2.45. The van der Waals surface area contributed by atoms with E-state index in [1.54, 1.807) is 30.9 Å². The summed E-state index contributed by atoms with van der Waals surface area (Å²) in [4.78, 5) is 86.2. The number of carbonyl (C=O) groups is 6. The molecule has 0 saturated carbocycles. The highest BCUT2D eigenvalue weighted by atomic mass is 32.2. The summed E-state index contributed by atoms with van der Waals surface area (Å²) in [7, 11) is 0. The van der Waals surface area contributed by atoms with Crippen molar-refractivity contribution in [3.05, 3.63) is 60.2 Å². The van der Waals surface area contributed by atoms with Crippen molar-refractivity contribution in [2.24, 2.45) is 5.92 Å². The molecule has 2 aromatic carbocycles. The Morgan fingerprint density at radius 3 is 2.11 bits per heavy atom. The number of thioether (sulfide) groups is 1. The first-order valence-electron chi connectivity index (χ1n) is 18.6. The van der Waals surface area contributed by atoms with Gasteiger partial charge in [0, 0.05) is 22.6 Å². The Balaban J connectivity index is 1.81. The van der Waals surface area contributed by atoms with Crippen LogP contribution in [0.5, 0.6) is 5.75 Å². The molecule has 2 fully saturated rings. The molecule has 6 amide bonds. The third kappa shape index (κ3) is 12.2. The van der Waals surface area contributed by atoms with Crippen LogP contribution < -0.4 is 31.9 Å². The summed E-state index contributed by atoms with van der Waals surface area (Å²) in [5.74, 6) is -4.07. The minimum absolute atomic E-state index is 0.0127. The van der Waals surface area contributed by atoms with E-state index >= 15 is 0 Å². The van der Waals surface area contributed by atoms with E-state index in [0.717, 1.165) is 4.90 Å². The number of aromatic hydroxyl groups is 1. The molecule has 15 nitrogen and oxygen atoms in total. The second kappa shape index (κ2) is 19.3. The van der Waals surface area contributed by atoms with Crippen LogP contribution >= 0.6 is 11.8 Å². The van der Waals surface area contributed by atoms with Crippen LogP contribution in [-0.4, -0.2) is 117 Å². The number of fused-ring (bicyclic) bond motifs is 1. The van der Waals surface area contributed by atoms with Gasteiger partial charge in [0.1, 0.15) is 36.0 Å². The van der Waals surface area contributed by atoms with E-state index in [-0.39, 0.29) is 17.9 Å². The second-order valence-electron chi connectivity index (χ2n) is 15.5. The van der Waals surface area contributed by atoms with Crippen molar-refractivity contribution in [3.63, 3.8) is 0 Å². The van der Waals surface area contributed by atoms with Crippen LogP contribution in [0.25, 0.3) is 0 Å². The lowest BCUT2D eigenvalue weighted by molar-refractivity contribution is -0.138. The molecule has 7 atom stereocenters. The maximum atomic E-state index is 14.4. The fraction of sp³-hybridized carbons (Fsp3) is 0.538. The Morgan fingerprint density at radius 1 is 0.855 bits per heavy atom. The second-order valence-corrected chi connectivity index (χ2v) is 16.5. The first kappa shape index (κ1) is 43.1. The van der Waals surface area contributed by atoms with Gasteiger partial charge in [0.15, 0.2) is 0 Å². The molecule has 2 aromatic rings. The van der Waals surface area contributed by atoms with Crippen molar-refractivity contribution in [2.45, 2.75) is 114 Å². The van der Waals surface area contributed by atoms with Crippen LogP contribution in [0, 0.1) is 5.92 Å². The summed E-state index contributed by atoms with van der Waals surface area (Å²) < 4.78 is 0. The monoisotopic (exact) mass is 781 g/mol. The number of nitrogens with one attached hydrogen (secondary N) is 6. The van der Waals surface area contributed by atoms with E-state index < -0.39 is 95.8 Å². The van der Waals surface area contributed by atoms with Gasteiger partial charge in [-0.05, 0) is 82.8 Å². The lowest BCUT2D eigenvalue weighted by Gasteiger charge is -2.39. The Hall–Kier alpha value is -4.67. The van der Waals surface area contributed by atoms with Crippen molar-refractivity contribution in [1.82, 2.24) is 36.8 Å². The predicted molar refractivity (Wildman–Crippen MR) is 208 cm³/mol. The van der Waals surface area contributed by atoms with E-state index in [9.17, 15) is 39.0 Å². The number of hydrogen-bond acceptors (Lipinski definition) is 10. The lowest BCUT2D eigenvalue weighted by Crippen LogP contribution is -2.66. The summed E-state index contributed by atoms with van der Waals surface area (Å²) in [5.41, 5.74) is -0.0669. The van der Waals surface area contributed by atoms with E-state index in [4.69, 9.17) is 0 Å². The largest absolute Gasteiger partial charge is 0.508 e. The van der Waals surface area contributed by atoms with E-state index in [1.165, 1.54) is 30.8 Å². The van der Waals surface area contributed by atoms with E-state index in [2.05, 4.69) is 31.9 Å². The number of carbonyl (C=O) groups excluding carboxylic acids is 6. The maximum Gasteiger partial charge on any atom is 0.245 e. The highest BCUT2D eigenvalue weighted by Crippen LogP contribution is 2.27. The third-order valence-corrected chi connectivity index (χ3v) is 10.6. The van der Waals surface area contributed by atoms with Crippen LogP contribution in [0.15, 0.2) is 59.5 Å². The normalized spacial score (nSPS) is 26.4. The Bertz CT molecular complexity index is 1670. The van der Waals surface area contributed by atoms with E-state index in [0.29, 0.717) is 24.9 Å². The molecular weight excluding hydrogens is 727 g/mol. The molecule has 0 bridgehead atoms. The van der Waals surface area contributed by atoms with Gasteiger partial charge in [-0.1, -0.05) is 44.2 Å². The fourth-order valence-corrected chi connectivity index (χ4v) is 7.59. The summed E-state index contributed by atoms with van der Waals surface area (Å²) in [6.07, 6.45) is 0.885. The van der Waals surface area contributed by atoms with Gasteiger partial charge in [-0.25, -0.2) is 0 Å². The zero-order valence-corrected chi connectivity index (χ0v) is 33.1. The van der Waals surface area contributed by atoms with Gasteiger partial charge in [0.2, 0.25) is 35.4 Å². The van der Waals surface area contributed by atoms with E-state index in [1.807, 2.05) is 51.1 Å². The average molecular weight is 782 g/mol. The minimum Gasteiger partial charge on any atom is -0.508 e. The molecular formula is C39H55N7O8S. The van der Waals surface area contributed by atoms with Gasteiger partial charge in [-0.3, -0.25) is 33.7 Å². The summed E-state index contributed by atoms with van der Waals surface area (Å²) in [6.45, 7) is 9.82. The number of aliphatic hydroxyl groups is 1. The number of rotatable bonds is 8. The molecule has 8 N–H and O–H groups in total. The van der Waals surface area contributed by atoms with Gasteiger partial charge < -0.3 is 42.1 Å². The SMILES string of the molecule is CC(C)[C@@H]1NC(=O)[C@@H](C)NC(=O)[C@H](Cc2ccc(O)cc2)NC(=O)[C@@H]2CCCN2[C@H](C(=O)NC(C)(C)C)[C@H](CSc2ccccc2)NC(=O)[C@H](CO)NC1=O. The number of phenolic OH excluding ortho intramolecular Hbond substituents is 1. The Labute approximate surface area is 326 Å². The van der Waals surface area contributed by atoms with Crippen molar-refractivity contribution in [2.75, 3.05) is 18.9 Å². The molecule has 0 aliphatic carbocycles. The minimum atomic E-state index is -1.45. The van der Waals surface area contributed by atoms with Crippen LogP contribution in [0.4, 0.5) is 0 Å². The van der Waals surface area contributed by atoms with Crippen LogP contribution in [-0.2, 0) is 35.2 Å². The van der Waals surface area contributed by atoms with Gasteiger partial charge in [0.05, 0.1) is 18.7 Å². The predicted octanol–water partition coefficient (Wildman–Crippen LogP) is 0.581. The molecule has 0 spiro atoms. The smallest absolute Gasteiger partial charge is 0.245 e. The Kier molecular flexibility index (Phi) is 15.1. The van der Waals surface area contributed by atoms with Gasteiger partial charge in [0.25, 0.3) is 0 Å². The zero-order chi connectivity index (χ0) is 40.4. The first-order valence-corrected chi connectivity index (χ1v) is 19.6. The van der Waals surface area contributed by atoms with Crippen molar-refractivity contribution in [3.8, 4) is 5.75 Å². The van der Waals surface area contributed by atoms with Crippen molar-refractivity contribution in [1.29, 1.82) is 0 Å². The van der Waals surface area contributed by atoms with Gasteiger partial charge >= 0.3 is 0 Å². The molecule has 4 rings (SSSR count). The topological polar surface area (TPSA) is 218 Å². The highest BCUT2D eigenvalue weighted by molar-refractivity contribution is 7.99. The molecule has 55 heavy (non-hydrogen) atoms. The Morgan fingerprint density at radius 2 is 1.49 bits per heavy atom. The maximum absolute atomic E-state index is 14.4. The number of benzene rings is 2. The standard InChI is InChI=1S/C39H55N7O8S/c1-22(2)31-37(53)42-28(20-47)35(51)43-29(21-55-26-11-8-7-9-12-26)32(38(54)45-39(4,5)6)46-18-10-13-30(46)36(52)41-27(19-24-14-16-25(48)17-15-24)34(50)40-23(3)33(49)44-31/h7-9,11-12,14-17,22-23,27-32,47-48H,10,13,18-21H2,1-6H3,(H,40,50)(H,41,52)(H,42,53)(H,43,51)(H,44,49)(H,45,54)/t23-,27+,28+,29+,30+,31+,32+/m1/s1. The van der Waals surface area contributed by atoms with Crippen LogP contribution in [0.2, 0.25) is 0 Å². The molecule has 300 valence electrons. The molecule has 0 radical (unpaired) electrons. The molecule has 0 unspecified atom stereocenters. The molecule has 0 aromatic heterocycles. The first-order chi connectivity index (χ1) is 26.0. The fourth-order valence-electron chi connectivity index (χ4n) is 6.60. The number of aliphatic hydroxyl groups excluding tert-OH is 1. The van der Waals surface area contributed by atoms with Crippen molar-refractivity contribution >= 4 is 47.2 Å². The summed E-state index contributed by atoms with van der Waals surface area (Å²) in [6, 6.07) is 7.67. The quantitative estimate of drug-likeness (QED) is 0.174. The van der Waals surface area contributed by atoms with Gasteiger partial charge in [-0.2, -0.15) is 0 Å². The number of nitrogens with zero attached hydrogens (tertiary/aromatic N) is 1. The van der Waals surface area contributed by atoms with Crippen LogP contribution in [0.3, 0.4) is 0 Å². The molecule has 2 heterocycles. The zero-order valence-electron chi connectivity index (χ0n) is 32.3. The van der Waals surface area contributed by atoms with Crippen molar-refractivity contribution < 1.29 is 39.0 Å². The number of hydrogen-bond donors (Lipinski definition) is 8. The average Bonchev–Trinajstić information content (AvgIpc) is 3.60. The summed E-state index contributed by atoms with van der Waals surface area (Å²) >= 11 is 1.39. The number of phenols is 1. The molecule has 16 heteroatoms. The summed E-state index contributed by atoms with van der Waals surface area (Å²) in [5, 5.41) is 36.9. The van der Waals surface area contributed by atoms with Gasteiger partial charge in [-0.15, -0.1) is 11.8 Å². The third-order valence-electron chi connectivity index (χ3n) is 9.43. The molecule has 2 aliphatic heterocycles. The molecule has 2 saturated heterocycles. The lowest BCUT2D eigenvalue weighted by atomic mass is 10.00. The molecule has 2 aliphatic rings. The number of amides is 6.